The number of carbonyl (C=O) groups excluding carboxylic acids is 1. The number of aromatic nitrogens is 3. The largest absolute Gasteiger partial charge is 0.296 e. The van der Waals surface area contributed by atoms with Gasteiger partial charge in [-0.05, 0) is 31.0 Å². The van der Waals surface area contributed by atoms with Gasteiger partial charge in [-0.15, -0.1) is 11.3 Å². The predicted molar refractivity (Wildman–Crippen MR) is 114 cm³/mol. The second-order valence-electron chi connectivity index (χ2n) is 6.42. The Hall–Kier alpha value is -3.25. The quantitative estimate of drug-likeness (QED) is 0.508. The monoisotopic (exact) mass is 388 g/mol. The van der Waals surface area contributed by atoms with Gasteiger partial charge < -0.3 is 0 Å². The van der Waals surface area contributed by atoms with Crippen molar-refractivity contribution in [3.05, 3.63) is 77.4 Å². The SMILES string of the molecule is CCn1nc(C)cc1C(=O)Nc1nc(-c2ccc(-c3ccccc3)cc2)cs1. The first-order chi connectivity index (χ1) is 13.6. The summed E-state index contributed by atoms with van der Waals surface area (Å²) in [7, 11) is 0. The lowest BCUT2D eigenvalue weighted by Crippen LogP contribution is -2.17. The van der Waals surface area contributed by atoms with E-state index in [1.165, 1.54) is 16.9 Å². The Labute approximate surface area is 167 Å². The lowest BCUT2D eigenvalue weighted by Gasteiger charge is -2.04. The van der Waals surface area contributed by atoms with E-state index in [4.69, 9.17) is 0 Å². The lowest BCUT2D eigenvalue weighted by atomic mass is 10.0. The van der Waals surface area contributed by atoms with Crippen molar-refractivity contribution < 1.29 is 4.79 Å². The van der Waals surface area contributed by atoms with E-state index in [1.807, 2.05) is 37.4 Å². The molecule has 0 atom stereocenters. The highest BCUT2D eigenvalue weighted by Crippen LogP contribution is 2.28. The van der Waals surface area contributed by atoms with Crippen molar-refractivity contribution in [2.24, 2.45) is 0 Å². The summed E-state index contributed by atoms with van der Waals surface area (Å²) in [4.78, 5) is 17.1. The third-order valence-electron chi connectivity index (χ3n) is 4.45. The number of nitrogens with zero attached hydrogens (tertiary/aromatic N) is 3. The van der Waals surface area contributed by atoms with Gasteiger partial charge >= 0.3 is 0 Å². The minimum Gasteiger partial charge on any atom is -0.296 e. The summed E-state index contributed by atoms with van der Waals surface area (Å²) in [6, 6.07) is 20.3. The molecule has 0 aliphatic rings. The van der Waals surface area contributed by atoms with Crippen LogP contribution < -0.4 is 5.32 Å². The molecule has 140 valence electrons. The summed E-state index contributed by atoms with van der Waals surface area (Å²) in [5.74, 6) is -0.192. The highest BCUT2D eigenvalue weighted by Gasteiger charge is 2.15. The number of thiazole rings is 1. The van der Waals surface area contributed by atoms with Gasteiger partial charge in [0.05, 0.1) is 11.4 Å². The molecule has 0 saturated carbocycles. The summed E-state index contributed by atoms with van der Waals surface area (Å²) in [6.45, 7) is 4.49. The van der Waals surface area contributed by atoms with Crippen molar-refractivity contribution in [2.75, 3.05) is 5.32 Å². The van der Waals surface area contributed by atoms with Gasteiger partial charge in [0.2, 0.25) is 0 Å². The molecule has 0 saturated heterocycles. The van der Waals surface area contributed by atoms with E-state index in [0.29, 0.717) is 17.4 Å². The first-order valence-electron chi connectivity index (χ1n) is 9.11. The van der Waals surface area contributed by atoms with Crippen LogP contribution >= 0.6 is 11.3 Å². The topological polar surface area (TPSA) is 59.8 Å². The Morgan fingerprint density at radius 1 is 1.04 bits per heavy atom. The molecule has 1 amide bonds. The Morgan fingerprint density at radius 2 is 1.71 bits per heavy atom. The predicted octanol–water partition coefficient (Wildman–Crippen LogP) is 5.25. The molecule has 5 nitrogen and oxygen atoms in total. The van der Waals surface area contributed by atoms with Crippen molar-refractivity contribution in [2.45, 2.75) is 20.4 Å². The van der Waals surface area contributed by atoms with Gasteiger partial charge in [0.15, 0.2) is 5.13 Å². The molecular weight excluding hydrogens is 368 g/mol. The molecule has 0 unspecified atom stereocenters. The van der Waals surface area contributed by atoms with Crippen LogP contribution in [0, 0.1) is 6.92 Å². The van der Waals surface area contributed by atoms with Crippen LogP contribution in [0.25, 0.3) is 22.4 Å². The molecule has 28 heavy (non-hydrogen) atoms. The van der Waals surface area contributed by atoms with Crippen molar-refractivity contribution >= 4 is 22.4 Å². The number of nitrogens with one attached hydrogen (secondary N) is 1. The van der Waals surface area contributed by atoms with Gasteiger partial charge in [0, 0.05) is 17.5 Å². The molecule has 0 fully saturated rings. The normalized spacial score (nSPS) is 10.8. The zero-order chi connectivity index (χ0) is 19.5. The van der Waals surface area contributed by atoms with E-state index in [0.717, 1.165) is 22.5 Å². The summed E-state index contributed by atoms with van der Waals surface area (Å²) in [5, 5.41) is 9.73. The summed E-state index contributed by atoms with van der Waals surface area (Å²) < 4.78 is 1.70. The van der Waals surface area contributed by atoms with E-state index >= 15 is 0 Å². The third-order valence-corrected chi connectivity index (χ3v) is 5.20. The minimum absolute atomic E-state index is 0.192. The number of benzene rings is 2. The van der Waals surface area contributed by atoms with Gasteiger partial charge in [-0.2, -0.15) is 5.10 Å². The molecule has 2 aromatic heterocycles. The molecule has 0 aliphatic heterocycles. The molecule has 0 aliphatic carbocycles. The first kappa shape index (κ1) is 18.1. The first-order valence-corrected chi connectivity index (χ1v) is 9.99. The molecule has 4 rings (SSSR count). The molecule has 2 aromatic carbocycles. The summed E-state index contributed by atoms with van der Waals surface area (Å²) in [6.07, 6.45) is 0. The van der Waals surface area contributed by atoms with Gasteiger partial charge in [0.1, 0.15) is 5.69 Å². The fraction of sp³-hybridized carbons (Fsp3) is 0.136. The van der Waals surface area contributed by atoms with Crippen molar-refractivity contribution in [1.82, 2.24) is 14.8 Å². The molecule has 0 spiro atoms. The standard InChI is InChI=1S/C22H20N4OS/c1-3-26-20(13-15(2)25-26)21(27)24-22-23-19(14-28-22)18-11-9-17(10-12-18)16-7-5-4-6-8-16/h4-14H,3H2,1-2H3,(H,23,24,27). The van der Waals surface area contributed by atoms with Crippen LogP contribution in [-0.4, -0.2) is 20.7 Å². The highest BCUT2D eigenvalue weighted by atomic mass is 32.1. The van der Waals surface area contributed by atoms with Gasteiger partial charge in [0.25, 0.3) is 5.91 Å². The van der Waals surface area contributed by atoms with Crippen molar-refractivity contribution in [1.29, 1.82) is 0 Å². The smallest absolute Gasteiger partial charge is 0.275 e. The average molecular weight is 388 g/mol. The molecule has 0 radical (unpaired) electrons. The number of hydrogen-bond donors (Lipinski definition) is 1. The van der Waals surface area contributed by atoms with Crippen LogP contribution in [0.2, 0.25) is 0 Å². The lowest BCUT2D eigenvalue weighted by molar-refractivity contribution is 0.101. The fourth-order valence-electron chi connectivity index (χ4n) is 3.06. The number of hydrogen-bond acceptors (Lipinski definition) is 4. The van der Waals surface area contributed by atoms with Crippen LogP contribution in [0.15, 0.2) is 66.0 Å². The number of aryl methyl sites for hydroxylation is 2. The van der Waals surface area contributed by atoms with Crippen molar-refractivity contribution in [3.63, 3.8) is 0 Å². The fourth-order valence-corrected chi connectivity index (χ4v) is 3.77. The Morgan fingerprint density at radius 3 is 2.43 bits per heavy atom. The van der Waals surface area contributed by atoms with E-state index in [1.54, 1.807) is 10.7 Å². The van der Waals surface area contributed by atoms with Crippen molar-refractivity contribution in [3.8, 4) is 22.4 Å². The number of carbonyl (C=O) groups is 1. The Balaban J connectivity index is 1.50. The summed E-state index contributed by atoms with van der Waals surface area (Å²) in [5.41, 5.74) is 5.58. The zero-order valence-electron chi connectivity index (χ0n) is 15.7. The summed E-state index contributed by atoms with van der Waals surface area (Å²) >= 11 is 1.42. The Kier molecular flexibility index (Phi) is 5.04. The minimum atomic E-state index is -0.192. The van der Waals surface area contributed by atoms with Gasteiger partial charge in [-0.1, -0.05) is 54.6 Å². The van der Waals surface area contributed by atoms with Gasteiger partial charge in [-0.25, -0.2) is 4.98 Å². The zero-order valence-corrected chi connectivity index (χ0v) is 16.5. The molecular formula is C22H20N4OS. The molecule has 1 N–H and O–H groups in total. The molecule has 6 heteroatoms. The van der Waals surface area contributed by atoms with E-state index in [2.05, 4.69) is 51.8 Å². The maximum Gasteiger partial charge on any atom is 0.275 e. The number of rotatable bonds is 5. The maximum atomic E-state index is 12.5. The van der Waals surface area contributed by atoms with Crippen LogP contribution in [0.3, 0.4) is 0 Å². The van der Waals surface area contributed by atoms with Crippen LogP contribution in [-0.2, 0) is 6.54 Å². The van der Waals surface area contributed by atoms with E-state index < -0.39 is 0 Å². The third kappa shape index (κ3) is 3.73. The second kappa shape index (κ2) is 7.78. The molecule has 4 aromatic rings. The van der Waals surface area contributed by atoms with Gasteiger partial charge in [-0.3, -0.25) is 14.8 Å². The Bertz CT molecular complexity index is 1100. The molecule has 2 heterocycles. The number of anilines is 1. The average Bonchev–Trinajstić information content (AvgIpc) is 3.35. The van der Waals surface area contributed by atoms with E-state index in [-0.39, 0.29) is 5.91 Å². The van der Waals surface area contributed by atoms with Crippen LogP contribution in [0.4, 0.5) is 5.13 Å². The number of amides is 1. The van der Waals surface area contributed by atoms with E-state index in [9.17, 15) is 4.79 Å². The highest BCUT2D eigenvalue weighted by molar-refractivity contribution is 7.14. The van der Waals surface area contributed by atoms with Crippen LogP contribution in [0.1, 0.15) is 23.1 Å². The van der Waals surface area contributed by atoms with Crippen LogP contribution in [0.5, 0.6) is 0 Å². The maximum absolute atomic E-state index is 12.5. The molecule has 0 bridgehead atoms. The second-order valence-corrected chi connectivity index (χ2v) is 7.28.